The molecule has 0 bridgehead atoms. The Morgan fingerprint density at radius 2 is 2.25 bits per heavy atom. The first kappa shape index (κ1) is 12.7. The quantitative estimate of drug-likeness (QED) is 0.807. The standard InChI is InChI=1S/C12H13ClFNO/c1-8(2)7-15-12(16)6-9-10(13)4-3-5-11(9)14/h3-5H,1,6-7H2,2H3,(H,15,16). The lowest BCUT2D eigenvalue weighted by Crippen LogP contribution is -2.26. The lowest BCUT2D eigenvalue weighted by molar-refractivity contribution is -0.120. The van der Waals surface area contributed by atoms with Crippen molar-refractivity contribution in [2.45, 2.75) is 13.3 Å². The van der Waals surface area contributed by atoms with Crippen LogP contribution in [0.3, 0.4) is 0 Å². The minimum atomic E-state index is -0.460. The predicted octanol–water partition coefficient (Wildman–Crippen LogP) is 2.71. The van der Waals surface area contributed by atoms with Gasteiger partial charge in [-0.2, -0.15) is 0 Å². The Hall–Kier alpha value is -1.35. The van der Waals surface area contributed by atoms with E-state index >= 15 is 0 Å². The number of carbonyl (C=O) groups excluding carboxylic acids is 1. The summed E-state index contributed by atoms with van der Waals surface area (Å²) in [5, 5.41) is 2.89. The minimum absolute atomic E-state index is 0.0568. The van der Waals surface area contributed by atoms with Crippen molar-refractivity contribution in [3.63, 3.8) is 0 Å². The molecule has 0 atom stereocenters. The molecule has 0 heterocycles. The smallest absolute Gasteiger partial charge is 0.224 e. The normalized spacial score (nSPS) is 9.94. The number of benzene rings is 1. The molecular weight excluding hydrogens is 229 g/mol. The summed E-state index contributed by atoms with van der Waals surface area (Å²) in [6.45, 7) is 5.85. The van der Waals surface area contributed by atoms with Gasteiger partial charge in [-0.25, -0.2) is 4.39 Å². The molecule has 1 amide bonds. The number of rotatable bonds is 4. The number of halogens is 2. The molecule has 4 heteroatoms. The van der Waals surface area contributed by atoms with Crippen LogP contribution in [0.2, 0.25) is 5.02 Å². The highest BCUT2D eigenvalue weighted by atomic mass is 35.5. The molecule has 1 aromatic carbocycles. The first-order valence-electron chi connectivity index (χ1n) is 4.84. The van der Waals surface area contributed by atoms with Crippen LogP contribution in [0.15, 0.2) is 30.4 Å². The van der Waals surface area contributed by atoms with Crippen LogP contribution < -0.4 is 5.32 Å². The lowest BCUT2D eigenvalue weighted by Gasteiger charge is -2.07. The van der Waals surface area contributed by atoms with Crippen LogP contribution in [0.25, 0.3) is 0 Å². The first-order chi connectivity index (χ1) is 7.50. The zero-order valence-corrected chi connectivity index (χ0v) is 9.77. The second-order valence-electron chi connectivity index (χ2n) is 3.61. The van der Waals surface area contributed by atoms with E-state index in [9.17, 15) is 9.18 Å². The second kappa shape index (κ2) is 5.66. The van der Waals surface area contributed by atoms with E-state index < -0.39 is 5.82 Å². The molecule has 2 nitrogen and oxygen atoms in total. The molecule has 1 N–H and O–H groups in total. The van der Waals surface area contributed by atoms with Gasteiger partial charge in [-0.1, -0.05) is 29.8 Å². The SMILES string of the molecule is C=C(C)CNC(=O)Cc1c(F)cccc1Cl. The summed E-state index contributed by atoms with van der Waals surface area (Å²) in [5.74, 6) is -0.729. The third kappa shape index (κ3) is 3.66. The first-order valence-corrected chi connectivity index (χ1v) is 5.22. The minimum Gasteiger partial charge on any atom is -0.352 e. The summed E-state index contributed by atoms with van der Waals surface area (Å²) >= 11 is 5.80. The highest BCUT2D eigenvalue weighted by Crippen LogP contribution is 2.19. The number of hydrogen-bond donors (Lipinski definition) is 1. The molecule has 1 rings (SSSR count). The second-order valence-corrected chi connectivity index (χ2v) is 4.02. The van der Waals surface area contributed by atoms with Crippen molar-refractivity contribution in [3.8, 4) is 0 Å². The van der Waals surface area contributed by atoms with Crippen molar-refractivity contribution in [2.24, 2.45) is 0 Å². The van der Waals surface area contributed by atoms with Crippen molar-refractivity contribution in [2.75, 3.05) is 6.54 Å². The zero-order valence-electron chi connectivity index (χ0n) is 9.02. The van der Waals surface area contributed by atoms with Crippen LogP contribution in [0.5, 0.6) is 0 Å². The fourth-order valence-corrected chi connectivity index (χ4v) is 1.40. The molecule has 0 radical (unpaired) electrons. The van der Waals surface area contributed by atoms with Crippen molar-refractivity contribution in [1.29, 1.82) is 0 Å². The highest BCUT2D eigenvalue weighted by Gasteiger charge is 2.11. The van der Waals surface area contributed by atoms with E-state index in [0.717, 1.165) is 5.57 Å². The van der Waals surface area contributed by atoms with Gasteiger partial charge in [0.25, 0.3) is 0 Å². The predicted molar refractivity (Wildman–Crippen MR) is 62.9 cm³/mol. The molecule has 86 valence electrons. The molecule has 0 aliphatic rings. The molecular formula is C12H13ClFNO. The van der Waals surface area contributed by atoms with Crippen LogP contribution in [0.1, 0.15) is 12.5 Å². The van der Waals surface area contributed by atoms with E-state index in [1.54, 1.807) is 13.0 Å². The van der Waals surface area contributed by atoms with Gasteiger partial charge in [-0.3, -0.25) is 4.79 Å². The van der Waals surface area contributed by atoms with Crippen LogP contribution >= 0.6 is 11.6 Å². The molecule has 16 heavy (non-hydrogen) atoms. The monoisotopic (exact) mass is 241 g/mol. The van der Waals surface area contributed by atoms with Crippen LogP contribution in [0, 0.1) is 5.82 Å². The van der Waals surface area contributed by atoms with Gasteiger partial charge in [0.05, 0.1) is 6.42 Å². The average Bonchev–Trinajstić information content (AvgIpc) is 2.21. The molecule has 0 aromatic heterocycles. The maximum Gasteiger partial charge on any atom is 0.224 e. The number of amides is 1. The molecule has 0 aliphatic carbocycles. The maximum absolute atomic E-state index is 13.3. The third-order valence-electron chi connectivity index (χ3n) is 1.99. The van der Waals surface area contributed by atoms with Gasteiger partial charge in [0.2, 0.25) is 5.91 Å². The van der Waals surface area contributed by atoms with Gasteiger partial charge in [0.1, 0.15) is 5.82 Å². The molecule has 0 aliphatic heterocycles. The van der Waals surface area contributed by atoms with Crippen molar-refractivity contribution in [1.82, 2.24) is 5.32 Å². The average molecular weight is 242 g/mol. The Morgan fingerprint density at radius 1 is 1.56 bits per heavy atom. The molecule has 0 saturated carbocycles. The van der Waals surface area contributed by atoms with Crippen LogP contribution in [0.4, 0.5) is 4.39 Å². The Morgan fingerprint density at radius 3 is 2.81 bits per heavy atom. The van der Waals surface area contributed by atoms with Gasteiger partial charge in [-0.15, -0.1) is 0 Å². The van der Waals surface area contributed by atoms with Gasteiger partial charge >= 0.3 is 0 Å². The summed E-state index contributed by atoms with van der Waals surface area (Å²) in [4.78, 5) is 11.4. The molecule has 0 saturated heterocycles. The third-order valence-corrected chi connectivity index (χ3v) is 2.34. The largest absolute Gasteiger partial charge is 0.352 e. The summed E-state index contributed by atoms with van der Waals surface area (Å²) in [7, 11) is 0. The van der Waals surface area contributed by atoms with Crippen molar-refractivity contribution < 1.29 is 9.18 Å². The Kier molecular flexibility index (Phi) is 4.50. The van der Waals surface area contributed by atoms with E-state index in [0.29, 0.717) is 6.54 Å². The molecule has 0 fully saturated rings. The fraction of sp³-hybridized carbons (Fsp3) is 0.250. The number of hydrogen-bond acceptors (Lipinski definition) is 1. The summed E-state index contributed by atoms with van der Waals surface area (Å²) in [5.41, 5.74) is 1.07. The summed E-state index contributed by atoms with van der Waals surface area (Å²) in [6.07, 6.45) is -0.0568. The topological polar surface area (TPSA) is 29.1 Å². The van der Waals surface area contributed by atoms with Gasteiger partial charge in [0, 0.05) is 17.1 Å². The van der Waals surface area contributed by atoms with E-state index in [1.807, 2.05) is 0 Å². The number of nitrogens with one attached hydrogen (secondary N) is 1. The van der Waals surface area contributed by atoms with Gasteiger partial charge < -0.3 is 5.32 Å². The van der Waals surface area contributed by atoms with Crippen LogP contribution in [-0.2, 0) is 11.2 Å². The maximum atomic E-state index is 13.3. The van der Waals surface area contributed by atoms with Gasteiger partial charge in [-0.05, 0) is 19.1 Å². The molecule has 1 aromatic rings. The Balaban J connectivity index is 2.66. The van der Waals surface area contributed by atoms with Crippen LogP contribution in [-0.4, -0.2) is 12.5 Å². The molecule has 0 unspecified atom stereocenters. The Labute approximate surface area is 99.1 Å². The van der Waals surface area contributed by atoms with E-state index in [4.69, 9.17) is 11.6 Å². The Bertz CT molecular complexity index is 397. The van der Waals surface area contributed by atoms with Gasteiger partial charge in [0.15, 0.2) is 0 Å². The summed E-state index contributed by atoms with van der Waals surface area (Å²) < 4.78 is 13.3. The summed E-state index contributed by atoms with van der Waals surface area (Å²) in [6, 6.07) is 4.35. The van der Waals surface area contributed by atoms with E-state index in [2.05, 4.69) is 11.9 Å². The lowest BCUT2D eigenvalue weighted by atomic mass is 10.1. The van der Waals surface area contributed by atoms with Crippen molar-refractivity contribution in [3.05, 3.63) is 46.8 Å². The highest BCUT2D eigenvalue weighted by molar-refractivity contribution is 6.31. The number of carbonyl (C=O) groups is 1. The zero-order chi connectivity index (χ0) is 12.1. The van der Waals surface area contributed by atoms with Crippen molar-refractivity contribution >= 4 is 17.5 Å². The fourth-order valence-electron chi connectivity index (χ4n) is 1.17. The molecule has 0 spiro atoms. The van der Waals surface area contributed by atoms with E-state index in [1.165, 1.54) is 12.1 Å². The van der Waals surface area contributed by atoms with E-state index in [-0.39, 0.29) is 22.9 Å².